The summed E-state index contributed by atoms with van der Waals surface area (Å²) in [5, 5.41) is 21.4. The van der Waals surface area contributed by atoms with Crippen LogP contribution in [0.2, 0.25) is 0 Å². The Morgan fingerprint density at radius 1 is 0.844 bits per heavy atom. The van der Waals surface area contributed by atoms with E-state index in [1.807, 2.05) is 24.4 Å². The van der Waals surface area contributed by atoms with Crippen LogP contribution in [0.5, 0.6) is 5.88 Å². The van der Waals surface area contributed by atoms with Gasteiger partial charge in [0.05, 0.1) is 17.9 Å². The molecular formula is C24H23F10N3O8. The number of carbonyl (C=O) groups is 3. The number of rotatable bonds is 4. The standard InChI is InChI=1S/C18H20FN3O2.3C2HF3O2/c19-16-5-3-8-21-17(16)24-15-6-9-23-18(10-15)12-22(13-18)11-14-4-1-2-7-20-14;3*3-2(4,5)1(6)7/h1-5,7-8,15H,6,9-13H2;3*(H,6,7). The van der Waals surface area contributed by atoms with Crippen LogP contribution in [-0.4, -0.2) is 98.0 Å². The number of carboxylic acids is 3. The van der Waals surface area contributed by atoms with Crippen molar-refractivity contribution in [3.8, 4) is 5.88 Å². The lowest BCUT2D eigenvalue weighted by Gasteiger charge is -2.52. The molecule has 3 N–H and O–H groups in total. The van der Waals surface area contributed by atoms with E-state index in [1.165, 1.54) is 6.07 Å². The summed E-state index contributed by atoms with van der Waals surface area (Å²) in [4.78, 5) is 37.3. The number of carboxylic acid groups (broad SMARTS) is 3. The van der Waals surface area contributed by atoms with Gasteiger partial charge in [0.15, 0.2) is 5.82 Å². The van der Waals surface area contributed by atoms with E-state index in [9.17, 15) is 43.9 Å². The van der Waals surface area contributed by atoms with Crippen LogP contribution in [0.15, 0.2) is 42.7 Å². The number of nitrogens with zero attached hydrogens (tertiary/aromatic N) is 3. The Kier molecular flexibility index (Phi) is 13.9. The number of alkyl halides is 9. The first-order valence-corrected chi connectivity index (χ1v) is 12.0. The van der Waals surface area contributed by atoms with Crippen LogP contribution in [0, 0.1) is 5.82 Å². The third-order valence-corrected chi connectivity index (χ3v) is 5.31. The minimum Gasteiger partial charge on any atom is -0.475 e. The van der Waals surface area contributed by atoms with Gasteiger partial charge in [0, 0.05) is 44.9 Å². The number of halogens is 10. The van der Waals surface area contributed by atoms with E-state index in [0.717, 1.165) is 38.2 Å². The van der Waals surface area contributed by atoms with Crippen molar-refractivity contribution in [3.63, 3.8) is 0 Å². The molecule has 0 saturated carbocycles. The summed E-state index contributed by atoms with van der Waals surface area (Å²) in [6, 6.07) is 8.89. The van der Waals surface area contributed by atoms with Crippen molar-refractivity contribution in [3.05, 3.63) is 54.2 Å². The summed E-state index contributed by atoms with van der Waals surface area (Å²) < 4.78 is 121. The number of hydrogen-bond donors (Lipinski definition) is 3. The molecule has 2 saturated heterocycles. The van der Waals surface area contributed by atoms with Gasteiger partial charge in [-0.2, -0.15) is 39.5 Å². The van der Waals surface area contributed by atoms with Gasteiger partial charge in [-0.05, 0) is 24.3 Å². The van der Waals surface area contributed by atoms with E-state index < -0.39 is 42.3 Å². The fourth-order valence-electron chi connectivity index (χ4n) is 3.52. The smallest absolute Gasteiger partial charge is 0.475 e. The highest BCUT2D eigenvalue weighted by molar-refractivity contribution is 5.73. The molecule has 1 unspecified atom stereocenters. The van der Waals surface area contributed by atoms with E-state index in [0.29, 0.717) is 6.61 Å². The maximum atomic E-state index is 13.7. The maximum absolute atomic E-state index is 13.7. The second-order valence-corrected chi connectivity index (χ2v) is 8.93. The monoisotopic (exact) mass is 671 g/mol. The third-order valence-electron chi connectivity index (χ3n) is 5.31. The van der Waals surface area contributed by atoms with Crippen molar-refractivity contribution < 1.29 is 83.1 Å². The van der Waals surface area contributed by atoms with Gasteiger partial charge in [-0.3, -0.25) is 9.88 Å². The lowest BCUT2D eigenvalue weighted by molar-refractivity contribution is -0.193. The van der Waals surface area contributed by atoms with Gasteiger partial charge in [0.1, 0.15) is 6.10 Å². The van der Waals surface area contributed by atoms with Crippen molar-refractivity contribution in [2.45, 2.75) is 49.6 Å². The second kappa shape index (κ2) is 16.2. The maximum Gasteiger partial charge on any atom is 0.490 e. The summed E-state index contributed by atoms with van der Waals surface area (Å²) in [7, 11) is 0. The van der Waals surface area contributed by atoms with E-state index >= 15 is 0 Å². The molecule has 0 aliphatic carbocycles. The fraction of sp³-hybridized carbons (Fsp3) is 0.458. The molecule has 1 spiro atoms. The van der Waals surface area contributed by atoms with Crippen molar-refractivity contribution >= 4 is 17.9 Å². The largest absolute Gasteiger partial charge is 0.490 e. The van der Waals surface area contributed by atoms with Gasteiger partial charge in [-0.1, -0.05) is 6.07 Å². The molecule has 45 heavy (non-hydrogen) atoms. The van der Waals surface area contributed by atoms with Crippen LogP contribution in [0.25, 0.3) is 0 Å². The van der Waals surface area contributed by atoms with Crippen LogP contribution in [-0.2, 0) is 25.7 Å². The zero-order valence-corrected chi connectivity index (χ0v) is 22.4. The number of pyridine rings is 2. The topological polar surface area (TPSA) is 159 Å². The minimum absolute atomic E-state index is 0.0554. The van der Waals surface area contributed by atoms with Crippen LogP contribution >= 0.6 is 0 Å². The summed E-state index contributed by atoms with van der Waals surface area (Å²) in [5.74, 6) is -8.60. The van der Waals surface area contributed by atoms with Crippen molar-refractivity contribution in [1.29, 1.82) is 0 Å². The highest BCUT2D eigenvalue weighted by Crippen LogP contribution is 2.36. The van der Waals surface area contributed by atoms with Crippen LogP contribution in [0.3, 0.4) is 0 Å². The normalized spacial score (nSPS) is 17.5. The number of aromatic nitrogens is 2. The summed E-state index contributed by atoms with van der Waals surface area (Å²) >= 11 is 0. The van der Waals surface area contributed by atoms with Gasteiger partial charge >= 0.3 is 36.4 Å². The van der Waals surface area contributed by atoms with Gasteiger partial charge in [-0.15, -0.1) is 0 Å². The van der Waals surface area contributed by atoms with Gasteiger partial charge in [0.2, 0.25) is 0 Å². The van der Waals surface area contributed by atoms with Crippen LogP contribution in [0.4, 0.5) is 43.9 Å². The van der Waals surface area contributed by atoms with Gasteiger partial charge in [0.25, 0.3) is 5.88 Å². The molecule has 0 bridgehead atoms. The van der Waals surface area contributed by atoms with E-state index in [2.05, 4.69) is 14.9 Å². The number of likely N-dealkylation sites (tertiary alicyclic amines) is 1. The molecule has 21 heteroatoms. The molecule has 0 aromatic carbocycles. The highest BCUT2D eigenvalue weighted by atomic mass is 19.4. The highest BCUT2D eigenvalue weighted by Gasteiger charge is 2.48. The fourth-order valence-corrected chi connectivity index (χ4v) is 3.52. The number of aliphatic carboxylic acids is 3. The first-order valence-electron chi connectivity index (χ1n) is 12.0. The first-order chi connectivity index (χ1) is 20.6. The van der Waals surface area contributed by atoms with Crippen molar-refractivity contribution in [2.75, 3.05) is 19.7 Å². The molecule has 11 nitrogen and oxygen atoms in total. The zero-order chi connectivity index (χ0) is 34.6. The molecule has 2 fully saturated rings. The average molecular weight is 671 g/mol. The Morgan fingerprint density at radius 2 is 1.33 bits per heavy atom. The second-order valence-electron chi connectivity index (χ2n) is 8.93. The Labute approximate surface area is 246 Å². The summed E-state index contributed by atoms with van der Waals surface area (Å²) in [5.41, 5.74) is 0.884. The quantitative estimate of drug-likeness (QED) is 0.398. The Bertz CT molecular complexity index is 1200. The van der Waals surface area contributed by atoms with E-state index in [4.69, 9.17) is 39.2 Å². The molecule has 252 valence electrons. The van der Waals surface area contributed by atoms with Crippen molar-refractivity contribution in [1.82, 2.24) is 14.9 Å². The Hall–Kier alpha value is -4.27. The molecule has 4 heterocycles. The number of hydrogen-bond acceptors (Lipinski definition) is 8. The molecule has 2 aromatic rings. The van der Waals surface area contributed by atoms with Gasteiger partial charge < -0.3 is 24.8 Å². The summed E-state index contributed by atoms with van der Waals surface area (Å²) in [6.45, 7) is 3.17. The van der Waals surface area contributed by atoms with E-state index in [1.54, 1.807) is 12.3 Å². The minimum atomic E-state index is -5.08. The van der Waals surface area contributed by atoms with E-state index in [-0.39, 0.29) is 17.6 Å². The lowest BCUT2D eigenvalue weighted by atomic mass is 9.84. The van der Waals surface area contributed by atoms with Gasteiger partial charge in [-0.25, -0.2) is 23.8 Å². The predicted octanol–water partition coefficient (Wildman–Crippen LogP) is 4.33. The molecule has 2 aromatic heterocycles. The molecule has 2 aliphatic rings. The molecule has 2 aliphatic heterocycles. The zero-order valence-electron chi connectivity index (χ0n) is 22.4. The third kappa shape index (κ3) is 14.4. The van der Waals surface area contributed by atoms with Crippen molar-refractivity contribution in [2.24, 2.45) is 0 Å². The molecule has 0 amide bonds. The van der Waals surface area contributed by atoms with Crippen LogP contribution in [0.1, 0.15) is 18.5 Å². The summed E-state index contributed by atoms with van der Waals surface area (Å²) in [6.07, 6.45) is -10.4. The Morgan fingerprint density at radius 3 is 1.76 bits per heavy atom. The SMILES string of the molecule is Fc1cccnc1OC1CCOC2(C1)CN(Cc1ccccn1)C2.O=C(O)C(F)(F)F.O=C(O)C(F)(F)F.O=C(O)C(F)(F)F. The molecule has 4 rings (SSSR count). The lowest BCUT2D eigenvalue weighted by Crippen LogP contribution is -2.65. The molecule has 0 radical (unpaired) electrons. The first kappa shape index (κ1) is 38.8. The van der Waals surface area contributed by atoms with Crippen LogP contribution < -0.4 is 4.74 Å². The molecule has 1 atom stereocenters. The predicted molar refractivity (Wildman–Crippen MR) is 127 cm³/mol. The molecular weight excluding hydrogens is 648 g/mol. The Balaban J connectivity index is 0.000000396. The average Bonchev–Trinajstić information content (AvgIpc) is 2.89. The number of ether oxygens (including phenoxy) is 2.